The normalized spacial score (nSPS) is 22.9. The number of carbonyl (C=O) groups is 1. The van der Waals surface area contributed by atoms with Crippen molar-refractivity contribution in [1.29, 1.82) is 0 Å². The van der Waals surface area contributed by atoms with Gasteiger partial charge in [-0.15, -0.1) is 0 Å². The maximum absolute atomic E-state index is 11.4. The van der Waals surface area contributed by atoms with Crippen molar-refractivity contribution >= 4 is 23.2 Å². The summed E-state index contributed by atoms with van der Waals surface area (Å²) in [6, 6.07) is 2.86. The van der Waals surface area contributed by atoms with E-state index in [2.05, 4.69) is 5.32 Å². The Hall–Kier alpha value is -1.26. The summed E-state index contributed by atoms with van der Waals surface area (Å²) in [5.74, 6) is 0.432. The van der Waals surface area contributed by atoms with Gasteiger partial charge in [-0.25, -0.2) is 0 Å². The Bertz CT molecular complexity index is 486. The first kappa shape index (κ1) is 10.9. The van der Waals surface area contributed by atoms with Gasteiger partial charge in [0, 0.05) is 17.3 Å². The number of hydrogen-bond acceptors (Lipinski definition) is 3. The maximum atomic E-state index is 11.4. The molecule has 1 saturated carbocycles. The summed E-state index contributed by atoms with van der Waals surface area (Å²) in [6.45, 7) is 0. The first-order chi connectivity index (χ1) is 8.15. The highest BCUT2D eigenvalue weighted by Gasteiger charge is 2.29. The van der Waals surface area contributed by atoms with Crippen LogP contribution in [0.25, 0.3) is 0 Å². The first-order valence-corrected chi connectivity index (χ1v) is 6.09. The molecule has 90 valence electrons. The average Bonchev–Trinajstić information content (AvgIpc) is 2.50. The molecule has 0 saturated heterocycles. The van der Waals surface area contributed by atoms with Crippen molar-refractivity contribution in [2.45, 2.75) is 31.4 Å². The second-order valence-electron chi connectivity index (χ2n) is 4.51. The Morgan fingerprint density at radius 1 is 1.41 bits per heavy atom. The van der Waals surface area contributed by atoms with E-state index in [1.54, 1.807) is 12.1 Å². The molecule has 4 nitrogen and oxygen atoms in total. The summed E-state index contributed by atoms with van der Waals surface area (Å²) in [6.07, 6.45) is 3.60. The highest BCUT2D eigenvalue weighted by Crippen LogP contribution is 2.39. The molecule has 1 heterocycles. The molecule has 5 heteroatoms. The zero-order valence-electron chi connectivity index (χ0n) is 9.20. The zero-order chi connectivity index (χ0) is 12.0. The number of benzene rings is 1. The van der Waals surface area contributed by atoms with Crippen LogP contribution in [-0.4, -0.2) is 12.0 Å². The quantitative estimate of drug-likeness (QED) is 0.848. The number of fused-ring (bicyclic) bond motifs is 1. The lowest BCUT2D eigenvalue weighted by Gasteiger charge is -2.27. The molecular weight excluding hydrogens is 240 g/mol. The number of ether oxygens (including phenoxy) is 1. The fraction of sp³-hybridized carbons (Fsp3) is 0.417. The summed E-state index contributed by atoms with van der Waals surface area (Å²) in [7, 11) is 0. The second-order valence-corrected chi connectivity index (χ2v) is 4.91. The van der Waals surface area contributed by atoms with Crippen LogP contribution in [0.15, 0.2) is 12.1 Å². The second kappa shape index (κ2) is 3.89. The Kier molecular flexibility index (Phi) is 2.49. The standard InChI is InChI=1S/C12H13ClN2O2/c13-8-4-7-9(15-12(16)11(7)14)5-10(8)17-6-2-1-3-6/h4-6,11H,1-3,14H2,(H,15,16). The lowest BCUT2D eigenvalue weighted by atomic mass is 9.96. The van der Waals surface area contributed by atoms with Crippen LogP contribution >= 0.6 is 11.6 Å². The Balaban J connectivity index is 1.91. The molecular formula is C12H13ClN2O2. The van der Waals surface area contributed by atoms with Crippen molar-refractivity contribution in [2.75, 3.05) is 5.32 Å². The van der Waals surface area contributed by atoms with Gasteiger partial charge in [0.15, 0.2) is 0 Å². The van der Waals surface area contributed by atoms with Gasteiger partial charge in [-0.3, -0.25) is 4.79 Å². The van der Waals surface area contributed by atoms with Gasteiger partial charge in [0.2, 0.25) is 5.91 Å². The molecule has 1 aromatic rings. The number of carbonyl (C=O) groups excluding carboxylic acids is 1. The summed E-state index contributed by atoms with van der Waals surface area (Å²) in [4.78, 5) is 11.4. The van der Waals surface area contributed by atoms with Gasteiger partial charge in [0.1, 0.15) is 11.8 Å². The van der Waals surface area contributed by atoms with Crippen molar-refractivity contribution in [2.24, 2.45) is 5.73 Å². The van der Waals surface area contributed by atoms with Crippen LogP contribution < -0.4 is 15.8 Å². The molecule has 1 fully saturated rings. The lowest BCUT2D eigenvalue weighted by Crippen LogP contribution is -2.24. The largest absolute Gasteiger partial charge is 0.489 e. The van der Waals surface area contributed by atoms with Gasteiger partial charge >= 0.3 is 0 Å². The monoisotopic (exact) mass is 252 g/mol. The smallest absolute Gasteiger partial charge is 0.245 e. The Morgan fingerprint density at radius 2 is 2.18 bits per heavy atom. The maximum Gasteiger partial charge on any atom is 0.245 e. The van der Waals surface area contributed by atoms with Gasteiger partial charge in [0.05, 0.1) is 11.1 Å². The molecule has 0 bridgehead atoms. The minimum absolute atomic E-state index is 0.197. The highest BCUT2D eigenvalue weighted by atomic mass is 35.5. The van der Waals surface area contributed by atoms with Crippen LogP contribution in [0.5, 0.6) is 5.75 Å². The first-order valence-electron chi connectivity index (χ1n) is 5.71. The highest BCUT2D eigenvalue weighted by molar-refractivity contribution is 6.32. The molecule has 1 amide bonds. The molecule has 1 aliphatic heterocycles. The number of rotatable bonds is 2. The molecule has 0 spiro atoms. The van der Waals surface area contributed by atoms with E-state index in [1.165, 1.54) is 6.42 Å². The van der Waals surface area contributed by atoms with Crippen LogP contribution in [0.4, 0.5) is 5.69 Å². The fourth-order valence-electron chi connectivity index (χ4n) is 2.04. The third-order valence-electron chi connectivity index (χ3n) is 3.33. The minimum atomic E-state index is -0.625. The van der Waals surface area contributed by atoms with E-state index in [1.807, 2.05) is 0 Å². The van der Waals surface area contributed by atoms with E-state index >= 15 is 0 Å². The van der Waals surface area contributed by atoms with Crippen LogP contribution in [0.1, 0.15) is 30.9 Å². The predicted molar refractivity (Wildman–Crippen MR) is 65.3 cm³/mol. The third-order valence-corrected chi connectivity index (χ3v) is 3.62. The number of nitrogens with two attached hydrogens (primary N) is 1. The molecule has 3 N–H and O–H groups in total. The molecule has 1 aliphatic carbocycles. The van der Waals surface area contributed by atoms with Gasteiger partial charge in [-0.05, 0) is 25.3 Å². The molecule has 2 aliphatic rings. The van der Waals surface area contributed by atoms with Crippen LogP contribution in [0, 0.1) is 0 Å². The SMILES string of the molecule is NC1C(=O)Nc2cc(OC3CCC3)c(Cl)cc21. The number of hydrogen-bond donors (Lipinski definition) is 2. The average molecular weight is 253 g/mol. The predicted octanol–water partition coefficient (Wildman–Crippen LogP) is 2.22. The summed E-state index contributed by atoms with van der Waals surface area (Å²) >= 11 is 6.13. The fourth-order valence-corrected chi connectivity index (χ4v) is 2.26. The Labute approximate surface area is 104 Å². The van der Waals surface area contributed by atoms with Crippen molar-refractivity contribution < 1.29 is 9.53 Å². The molecule has 1 unspecified atom stereocenters. The zero-order valence-corrected chi connectivity index (χ0v) is 9.96. The third kappa shape index (κ3) is 1.77. The van der Waals surface area contributed by atoms with Gasteiger partial charge in [-0.1, -0.05) is 11.6 Å². The molecule has 1 aromatic carbocycles. The topological polar surface area (TPSA) is 64.4 Å². The molecule has 1 atom stereocenters. The number of nitrogens with one attached hydrogen (secondary N) is 1. The van der Waals surface area contributed by atoms with E-state index in [9.17, 15) is 4.79 Å². The van der Waals surface area contributed by atoms with Crippen LogP contribution in [-0.2, 0) is 4.79 Å². The van der Waals surface area contributed by atoms with Crippen molar-refractivity contribution in [3.63, 3.8) is 0 Å². The number of anilines is 1. The molecule has 0 aromatic heterocycles. The van der Waals surface area contributed by atoms with Crippen molar-refractivity contribution in [3.8, 4) is 5.75 Å². The van der Waals surface area contributed by atoms with E-state index < -0.39 is 6.04 Å². The van der Waals surface area contributed by atoms with Crippen molar-refractivity contribution in [1.82, 2.24) is 0 Å². The number of amides is 1. The van der Waals surface area contributed by atoms with Gasteiger partial charge < -0.3 is 15.8 Å². The van der Waals surface area contributed by atoms with E-state index in [4.69, 9.17) is 22.1 Å². The molecule has 0 radical (unpaired) electrons. The summed E-state index contributed by atoms with van der Waals surface area (Å²) in [5, 5.41) is 3.24. The van der Waals surface area contributed by atoms with Crippen molar-refractivity contribution in [3.05, 3.63) is 22.7 Å². The van der Waals surface area contributed by atoms with E-state index in [0.29, 0.717) is 16.5 Å². The van der Waals surface area contributed by atoms with Gasteiger partial charge in [-0.2, -0.15) is 0 Å². The van der Waals surface area contributed by atoms with Crippen LogP contribution in [0.3, 0.4) is 0 Å². The van der Waals surface area contributed by atoms with Crippen LogP contribution in [0.2, 0.25) is 5.02 Å². The van der Waals surface area contributed by atoms with E-state index in [0.717, 1.165) is 18.4 Å². The van der Waals surface area contributed by atoms with Gasteiger partial charge in [0.25, 0.3) is 0 Å². The summed E-state index contributed by atoms with van der Waals surface area (Å²) < 4.78 is 5.75. The summed E-state index contributed by atoms with van der Waals surface area (Å²) in [5.41, 5.74) is 7.18. The molecule has 17 heavy (non-hydrogen) atoms. The number of halogens is 1. The Morgan fingerprint density at radius 3 is 2.82 bits per heavy atom. The minimum Gasteiger partial charge on any atom is -0.489 e. The molecule has 3 rings (SSSR count). The van der Waals surface area contributed by atoms with E-state index in [-0.39, 0.29) is 12.0 Å². The lowest BCUT2D eigenvalue weighted by molar-refractivity contribution is -0.116.